The molecule has 2 aromatic carbocycles. The van der Waals surface area contributed by atoms with E-state index >= 15 is 0 Å². The highest BCUT2D eigenvalue weighted by Crippen LogP contribution is 2.21. The number of anilines is 1. The third kappa shape index (κ3) is 3.63. The van der Waals surface area contributed by atoms with Crippen LogP contribution in [0, 0.1) is 0 Å². The number of carbonyl (C=O) groups is 2. The van der Waals surface area contributed by atoms with Gasteiger partial charge in [0, 0.05) is 25.3 Å². The van der Waals surface area contributed by atoms with Crippen LogP contribution in [0.1, 0.15) is 22.0 Å². The summed E-state index contributed by atoms with van der Waals surface area (Å²) in [7, 11) is 3.24. The lowest BCUT2D eigenvalue weighted by Crippen LogP contribution is -2.31. The Labute approximate surface area is 129 Å². The quantitative estimate of drug-likeness (QED) is 0.694. The van der Waals surface area contributed by atoms with Crippen molar-refractivity contribution in [1.82, 2.24) is 4.90 Å². The minimum Gasteiger partial charge on any atom is -0.444 e. The number of rotatable bonds is 4. The van der Waals surface area contributed by atoms with Gasteiger partial charge >= 0.3 is 5.97 Å². The molecule has 2 aromatic rings. The van der Waals surface area contributed by atoms with Crippen molar-refractivity contribution in [2.75, 3.05) is 19.8 Å². The molecule has 0 aliphatic heterocycles. The minimum atomic E-state index is -0.971. The first-order valence-electron chi connectivity index (χ1n) is 6.81. The summed E-state index contributed by atoms with van der Waals surface area (Å²) in [6, 6.07) is 15.3. The van der Waals surface area contributed by atoms with E-state index < -0.39 is 12.1 Å². The molecule has 0 saturated carbocycles. The van der Waals surface area contributed by atoms with E-state index in [-0.39, 0.29) is 5.91 Å². The Morgan fingerprint density at radius 3 is 2.14 bits per heavy atom. The second-order valence-corrected chi connectivity index (χ2v) is 5.05. The van der Waals surface area contributed by atoms with Crippen molar-refractivity contribution in [2.24, 2.45) is 0 Å². The van der Waals surface area contributed by atoms with Crippen molar-refractivity contribution >= 4 is 17.6 Å². The van der Waals surface area contributed by atoms with Crippen molar-refractivity contribution in [3.8, 4) is 0 Å². The predicted molar refractivity (Wildman–Crippen MR) is 84.1 cm³/mol. The molecule has 2 rings (SSSR count). The molecule has 0 radical (unpaired) electrons. The lowest BCUT2D eigenvalue weighted by atomic mass is 10.1. The van der Waals surface area contributed by atoms with E-state index in [0.717, 1.165) is 0 Å². The van der Waals surface area contributed by atoms with Gasteiger partial charge in [0.05, 0.1) is 5.56 Å². The number of likely N-dealkylation sites (N-methyl/N-ethyl adjacent to an activating group) is 1. The molecule has 0 unspecified atom stereocenters. The zero-order valence-electron chi connectivity index (χ0n) is 12.5. The molecule has 2 N–H and O–H groups in total. The Kier molecular flexibility index (Phi) is 4.78. The lowest BCUT2D eigenvalue weighted by molar-refractivity contribution is -0.138. The summed E-state index contributed by atoms with van der Waals surface area (Å²) in [5.74, 6) is -0.862. The van der Waals surface area contributed by atoms with Crippen LogP contribution in [0.25, 0.3) is 0 Å². The average molecular weight is 298 g/mol. The highest BCUT2D eigenvalue weighted by atomic mass is 16.5. The van der Waals surface area contributed by atoms with E-state index in [1.807, 2.05) is 6.07 Å². The zero-order valence-corrected chi connectivity index (χ0v) is 12.5. The first kappa shape index (κ1) is 15.6. The number of esters is 1. The molecule has 22 heavy (non-hydrogen) atoms. The predicted octanol–water partition coefficient (Wildman–Crippen LogP) is 2.26. The van der Waals surface area contributed by atoms with E-state index in [0.29, 0.717) is 16.8 Å². The van der Waals surface area contributed by atoms with E-state index in [1.165, 1.54) is 4.90 Å². The molecule has 0 bridgehead atoms. The summed E-state index contributed by atoms with van der Waals surface area (Å²) < 4.78 is 5.41. The standard InChI is InChI=1S/C17H18N2O3/c1-19(2)16(20)15(12-6-4-3-5-7-12)22-17(21)13-8-10-14(18)11-9-13/h3-11,15H,18H2,1-2H3/t15-/m0/s1. The fourth-order valence-electron chi connectivity index (χ4n) is 1.92. The molecule has 0 fully saturated rings. The van der Waals surface area contributed by atoms with E-state index in [2.05, 4.69) is 0 Å². The van der Waals surface area contributed by atoms with Gasteiger partial charge in [0.2, 0.25) is 6.10 Å². The number of nitrogens with zero attached hydrogens (tertiary/aromatic N) is 1. The molecule has 1 amide bonds. The van der Waals surface area contributed by atoms with E-state index in [1.54, 1.807) is 62.6 Å². The van der Waals surface area contributed by atoms with Crippen LogP contribution in [0.5, 0.6) is 0 Å². The van der Waals surface area contributed by atoms with Gasteiger partial charge in [0.1, 0.15) is 0 Å². The van der Waals surface area contributed by atoms with Gasteiger partial charge in [-0.2, -0.15) is 0 Å². The third-order valence-corrected chi connectivity index (χ3v) is 3.14. The van der Waals surface area contributed by atoms with Crippen LogP contribution >= 0.6 is 0 Å². The number of amides is 1. The molecule has 5 heteroatoms. The molecule has 0 aromatic heterocycles. The van der Waals surface area contributed by atoms with Gasteiger partial charge in [-0.1, -0.05) is 30.3 Å². The molecular weight excluding hydrogens is 280 g/mol. The topological polar surface area (TPSA) is 72.6 Å². The fourth-order valence-corrected chi connectivity index (χ4v) is 1.92. The van der Waals surface area contributed by atoms with Crippen molar-refractivity contribution in [2.45, 2.75) is 6.10 Å². The first-order chi connectivity index (χ1) is 10.5. The van der Waals surface area contributed by atoms with Crippen LogP contribution in [0.15, 0.2) is 54.6 Å². The molecule has 0 heterocycles. The number of hydrogen-bond donors (Lipinski definition) is 1. The number of ether oxygens (including phenoxy) is 1. The van der Waals surface area contributed by atoms with Crippen LogP contribution in [-0.2, 0) is 9.53 Å². The van der Waals surface area contributed by atoms with Crippen molar-refractivity contribution in [1.29, 1.82) is 0 Å². The Morgan fingerprint density at radius 2 is 1.59 bits per heavy atom. The Morgan fingerprint density at radius 1 is 1.00 bits per heavy atom. The van der Waals surface area contributed by atoms with E-state index in [9.17, 15) is 9.59 Å². The van der Waals surface area contributed by atoms with Crippen LogP contribution in [0.2, 0.25) is 0 Å². The molecule has 5 nitrogen and oxygen atoms in total. The maximum atomic E-state index is 12.3. The molecule has 1 atom stereocenters. The van der Waals surface area contributed by atoms with Crippen molar-refractivity contribution < 1.29 is 14.3 Å². The average Bonchev–Trinajstić information content (AvgIpc) is 2.53. The fraction of sp³-hybridized carbons (Fsp3) is 0.176. The van der Waals surface area contributed by atoms with Gasteiger partial charge in [-0.3, -0.25) is 4.79 Å². The smallest absolute Gasteiger partial charge is 0.339 e. The SMILES string of the molecule is CN(C)C(=O)[C@@H](OC(=O)c1ccc(N)cc1)c1ccccc1. The van der Waals surface area contributed by atoms with E-state index in [4.69, 9.17) is 10.5 Å². The first-order valence-corrected chi connectivity index (χ1v) is 6.81. The maximum absolute atomic E-state index is 12.3. The van der Waals surface area contributed by atoms with Crippen LogP contribution in [0.4, 0.5) is 5.69 Å². The number of benzene rings is 2. The second kappa shape index (κ2) is 6.76. The van der Waals surface area contributed by atoms with Crippen molar-refractivity contribution in [3.05, 3.63) is 65.7 Å². The van der Waals surface area contributed by atoms with Gasteiger partial charge in [0.15, 0.2) is 0 Å². The second-order valence-electron chi connectivity index (χ2n) is 5.05. The highest BCUT2D eigenvalue weighted by molar-refractivity contribution is 5.92. The van der Waals surface area contributed by atoms with Crippen LogP contribution in [0.3, 0.4) is 0 Å². The summed E-state index contributed by atoms with van der Waals surface area (Å²) in [4.78, 5) is 25.9. The number of hydrogen-bond acceptors (Lipinski definition) is 4. The normalized spacial score (nSPS) is 11.5. The number of nitrogen functional groups attached to an aromatic ring is 1. The highest BCUT2D eigenvalue weighted by Gasteiger charge is 2.26. The Bertz CT molecular complexity index is 651. The monoisotopic (exact) mass is 298 g/mol. The van der Waals surface area contributed by atoms with Gasteiger partial charge < -0.3 is 15.4 Å². The van der Waals surface area contributed by atoms with Gasteiger partial charge in [-0.05, 0) is 24.3 Å². The Balaban J connectivity index is 2.25. The third-order valence-electron chi connectivity index (χ3n) is 3.14. The molecular formula is C17H18N2O3. The minimum absolute atomic E-state index is 0.296. The lowest BCUT2D eigenvalue weighted by Gasteiger charge is -2.21. The van der Waals surface area contributed by atoms with Crippen molar-refractivity contribution in [3.63, 3.8) is 0 Å². The summed E-state index contributed by atoms with van der Waals surface area (Å²) in [6.07, 6.45) is -0.971. The molecule has 114 valence electrons. The van der Waals surface area contributed by atoms with Crippen LogP contribution in [-0.4, -0.2) is 30.9 Å². The van der Waals surface area contributed by atoms with Crippen LogP contribution < -0.4 is 5.73 Å². The molecule has 0 aliphatic rings. The summed E-state index contributed by atoms with van der Waals surface area (Å²) in [5, 5.41) is 0. The molecule has 0 aliphatic carbocycles. The van der Waals surface area contributed by atoms with Gasteiger partial charge in [-0.25, -0.2) is 4.79 Å². The zero-order chi connectivity index (χ0) is 16.1. The Hall–Kier alpha value is -2.82. The molecule has 0 spiro atoms. The number of nitrogens with two attached hydrogens (primary N) is 1. The maximum Gasteiger partial charge on any atom is 0.339 e. The summed E-state index contributed by atoms with van der Waals surface area (Å²) >= 11 is 0. The number of carbonyl (C=O) groups excluding carboxylic acids is 2. The largest absolute Gasteiger partial charge is 0.444 e. The summed E-state index contributed by atoms with van der Waals surface area (Å²) in [6.45, 7) is 0. The summed E-state index contributed by atoms with van der Waals surface area (Å²) in [5.41, 5.74) is 7.13. The van der Waals surface area contributed by atoms with Gasteiger partial charge in [-0.15, -0.1) is 0 Å². The van der Waals surface area contributed by atoms with Gasteiger partial charge in [0.25, 0.3) is 5.91 Å². The molecule has 0 saturated heterocycles.